The summed E-state index contributed by atoms with van der Waals surface area (Å²) in [5.74, 6) is -3.51. The van der Waals surface area contributed by atoms with Gasteiger partial charge in [-0.2, -0.15) is 0 Å². The molecule has 140 valence electrons. The van der Waals surface area contributed by atoms with E-state index in [0.717, 1.165) is 6.07 Å². The van der Waals surface area contributed by atoms with Crippen molar-refractivity contribution in [2.75, 3.05) is 5.73 Å². The number of aromatic nitrogens is 1. The molecule has 1 aliphatic heterocycles. The predicted octanol–water partition coefficient (Wildman–Crippen LogP) is 1.11. The van der Waals surface area contributed by atoms with Crippen LogP contribution in [0.5, 0.6) is 5.75 Å². The number of halogens is 3. The number of fused-ring (bicyclic) bond motifs is 1. The molecule has 0 bridgehead atoms. The van der Waals surface area contributed by atoms with Crippen LogP contribution >= 0.6 is 0 Å². The second-order valence-corrected chi connectivity index (χ2v) is 5.23. The van der Waals surface area contributed by atoms with E-state index in [2.05, 4.69) is 4.74 Å². The molecule has 27 heavy (non-hydrogen) atoms. The number of ether oxygens (including phenoxy) is 1. The predicted molar refractivity (Wildman–Crippen MR) is 81.6 cm³/mol. The molecule has 0 radical (unpaired) electrons. The molecule has 0 fully saturated rings. The molecule has 1 aromatic heterocycles. The molecule has 0 spiro atoms. The number of hydrogen-bond acceptors (Lipinski definition) is 7. The first-order valence-corrected chi connectivity index (χ1v) is 6.95. The average Bonchev–Trinajstić information content (AvgIpc) is 2.81. The normalized spacial score (nSPS) is 13.3. The van der Waals surface area contributed by atoms with E-state index in [1.165, 1.54) is 0 Å². The number of imide groups is 1. The van der Waals surface area contributed by atoms with Crippen molar-refractivity contribution in [3.8, 4) is 11.4 Å². The van der Waals surface area contributed by atoms with Crippen molar-refractivity contribution in [1.82, 2.24) is 9.88 Å². The topological polar surface area (TPSA) is 147 Å². The van der Waals surface area contributed by atoms with E-state index < -0.39 is 57.2 Å². The Morgan fingerprint density at radius 1 is 1.15 bits per heavy atom. The molecule has 1 aliphatic rings. The summed E-state index contributed by atoms with van der Waals surface area (Å²) in [6.45, 7) is 0. The lowest BCUT2D eigenvalue weighted by Crippen LogP contribution is -2.26. The van der Waals surface area contributed by atoms with Crippen LogP contribution < -0.4 is 21.3 Å². The molecular weight excluding hydrogens is 377 g/mol. The van der Waals surface area contributed by atoms with E-state index in [9.17, 15) is 37.7 Å². The summed E-state index contributed by atoms with van der Waals surface area (Å²) in [5.41, 5.74) is 2.45. The van der Waals surface area contributed by atoms with Gasteiger partial charge in [0.1, 0.15) is 5.82 Å². The largest absolute Gasteiger partial charge is 0.573 e. The average molecular weight is 384 g/mol. The highest BCUT2D eigenvalue weighted by Gasteiger charge is 2.35. The Kier molecular flexibility index (Phi) is 3.86. The first-order chi connectivity index (χ1) is 12.5. The smallest absolute Gasteiger partial charge is 0.404 e. The Bertz CT molecular complexity index is 1080. The number of benzene rings is 1. The molecule has 13 heteroatoms. The lowest BCUT2D eigenvalue weighted by atomic mass is 10.1. The quantitative estimate of drug-likeness (QED) is 0.458. The van der Waals surface area contributed by atoms with Crippen LogP contribution in [-0.2, 0) is 0 Å². The number of carbonyl (C=O) groups is 2. The number of carbonyl (C=O) groups excluding carboxylic acids is 2. The first-order valence-electron chi connectivity index (χ1n) is 6.95. The fraction of sp³-hybridized carbons (Fsp3) is 0.0714. The monoisotopic (exact) mass is 384 g/mol. The molecule has 3 rings (SSSR count). The number of non-ortho nitro benzene ring substituents is 1. The van der Waals surface area contributed by atoms with Crippen molar-refractivity contribution in [2.24, 2.45) is 0 Å². The van der Waals surface area contributed by atoms with Crippen LogP contribution in [0, 0.1) is 10.1 Å². The Labute approximate surface area is 146 Å². The number of nitro groups is 1. The van der Waals surface area contributed by atoms with Gasteiger partial charge in [0.15, 0.2) is 5.75 Å². The van der Waals surface area contributed by atoms with Crippen molar-refractivity contribution in [3.05, 3.63) is 55.9 Å². The number of nitrogen functional groups attached to an aromatic ring is 1. The molecule has 0 aliphatic carbocycles. The van der Waals surface area contributed by atoms with E-state index in [0.29, 0.717) is 22.8 Å². The molecule has 3 N–H and O–H groups in total. The maximum absolute atomic E-state index is 12.6. The van der Waals surface area contributed by atoms with Crippen molar-refractivity contribution in [3.63, 3.8) is 0 Å². The number of anilines is 1. The minimum absolute atomic E-state index is 0.359. The fourth-order valence-electron chi connectivity index (χ4n) is 2.53. The highest BCUT2D eigenvalue weighted by molar-refractivity contribution is 6.23. The molecule has 0 saturated heterocycles. The summed E-state index contributed by atoms with van der Waals surface area (Å²) in [6.07, 6.45) is -5.17. The number of rotatable bonds is 3. The zero-order valence-corrected chi connectivity index (χ0v) is 12.9. The highest BCUT2D eigenvalue weighted by atomic mass is 19.4. The van der Waals surface area contributed by atoms with Crippen LogP contribution in [0.3, 0.4) is 0 Å². The summed E-state index contributed by atoms with van der Waals surface area (Å²) < 4.78 is 42.2. The van der Waals surface area contributed by atoms with Crippen LogP contribution in [0.2, 0.25) is 0 Å². The lowest BCUT2D eigenvalue weighted by Gasteiger charge is -2.17. The number of pyridine rings is 1. The van der Waals surface area contributed by atoms with E-state index in [1.54, 1.807) is 0 Å². The van der Waals surface area contributed by atoms with E-state index in [4.69, 9.17) is 5.73 Å². The van der Waals surface area contributed by atoms with Gasteiger partial charge in [-0.25, -0.2) is 0 Å². The van der Waals surface area contributed by atoms with Gasteiger partial charge in [-0.3, -0.25) is 34.4 Å². The summed E-state index contributed by atoms with van der Waals surface area (Å²) >= 11 is 0. The third-order valence-corrected chi connectivity index (χ3v) is 3.57. The highest BCUT2D eigenvalue weighted by Crippen LogP contribution is 2.34. The van der Waals surface area contributed by atoms with Crippen molar-refractivity contribution in [1.29, 1.82) is 0 Å². The molecule has 2 heterocycles. The van der Waals surface area contributed by atoms with E-state index in [1.807, 2.05) is 5.32 Å². The third-order valence-electron chi connectivity index (χ3n) is 3.57. The number of nitrogens with zero attached hydrogens (tertiary/aromatic N) is 2. The van der Waals surface area contributed by atoms with Crippen molar-refractivity contribution in [2.45, 2.75) is 6.36 Å². The van der Waals surface area contributed by atoms with Crippen LogP contribution in [-0.4, -0.2) is 27.7 Å². The van der Waals surface area contributed by atoms with Crippen LogP contribution in [0.1, 0.15) is 20.7 Å². The molecular formula is C14H7F3N4O6. The minimum Gasteiger partial charge on any atom is -0.404 e. The molecule has 0 unspecified atom stereocenters. The van der Waals surface area contributed by atoms with Gasteiger partial charge < -0.3 is 10.5 Å². The van der Waals surface area contributed by atoms with Gasteiger partial charge in [0.25, 0.3) is 23.1 Å². The number of nitro benzene ring substituents is 1. The summed E-state index contributed by atoms with van der Waals surface area (Å²) in [7, 11) is 0. The fourth-order valence-corrected chi connectivity index (χ4v) is 2.53. The number of nitrogens with one attached hydrogen (secondary N) is 1. The van der Waals surface area contributed by atoms with Gasteiger partial charge in [0.05, 0.1) is 21.7 Å². The van der Waals surface area contributed by atoms with Gasteiger partial charge in [0, 0.05) is 18.2 Å². The number of amides is 2. The zero-order chi connectivity index (χ0) is 20.1. The van der Waals surface area contributed by atoms with Gasteiger partial charge in [-0.05, 0) is 6.07 Å². The summed E-state index contributed by atoms with van der Waals surface area (Å²) in [4.78, 5) is 45.8. The van der Waals surface area contributed by atoms with E-state index in [-0.39, 0.29) is 5.56 Å². The zero-order valence-electron chi connectivity index (χ0n) is 12.9. The number of alkyl halides is 3. The number of hydrogen-bond donors (Lipinski definition) is 2. The van der Waals surface area contributed by atoms with Crippen molar-refractivity contribution < 1.29 is 32.4 Å². The Morgan fingerprint density at radius 3 is 2.41 bits per heavy atom. The molecule has 2 amide bonds. The first kappa shape index (κ1) is 17.9. The number of nitrogens with two attached hydrogens (primary N) is 1. The van der Waals surface area contributed by atoms with Crippen LogP contribution in [0.25, 0.3) is 5.69 Å². The van der Waals surface area contributed by atoms with Gasteiger partial charge >= 0.3 is 6.36 Å². The minimum atomic E-state index is -5.17. The summed E-state index contributed by atoms with van der Waals surface area (Å²) in [5, 5.41) is 12.8. The Balaban J connectivity index is 2.33. The Hall–Kier alpha value is -3.90. The van der Waals surface area contributed by atoms with Crippen molar-refractivity contribution >= 4 is 23.3 Å². The van der Waals surface area contributed by atoms with E-state index >= 15 is 0 Å². The third kappa shape index (κ3) is 3.05. The van der Waals surface area contributed by atoms with Gasteiger partial charge in [-0.15, -0.1) is 13.2 Å². The molecule has 0 atom stereocenters. The van der Waals surface area contributed by atoms with Gasteiger partial charge in [-0.1, -0.05) is 0 Å². The van der Waals surface area contributed by atoms with Crippen LogP contribution in [0.4, 0.5) is 24.7 Å². The maximum Gasteiger partial charge on any atom is 0.573 e. The SMILES string of the molecule is Nc1c2c(cc(=O)n1-c1cc([N+](=O)[O-])ccc1OC(F)(F)F)C(=O)NC2=O. The standard InChI is InChI=1S/C14H7F3N4O6/c15-14(16,17)27-8-2-1-5(21(25)26)3-7(8)20-9(22)4-6-10(11(20)18)13(24)19-12(6)23/h1-4H,18H2,(H,19,23,24). The second-order valence-electron chi connectivity index (χ2n) is 5.23. The molecule has 0 saturated carbocycles. The second kappa shape index (κ2) is 5.82. The lowest BCUT2D eigenvalue weighted by molar-refractivity contribution is -0.384. The van der Waals surface area contributed by atoms with Gasteiger partial charge in [0.2, 0.25) is 0 Å². The molecule has 1 aromatic carbocycles. The molecule has 10 nitrogen and oxygen atoms in total. The summed E-state index contributed by atoms with van der Waals surface area (Å²) in [6, 6.07) is 2.67. The Morgan fingerprint density at radius 2 is 1.81 bits per heavy atom. The molecule has 2 aromatic rings. The maximum atomic E-state index is 12.6. The van der Waals surface area contributed by atoms with Crippen LogP contribution in [0.15, 0.2) is 29.1 Å².